The first-order chi connectivity index (χ1) is 19.9. The van der Waals surface area contributed by atoms with E-state index in [9.17, 15) is 0 Å². The average Bonchev–Trinajstić information content (AvgIpc) is 3.85. The van der Waals surface area contributed by atoms with Gasteiger partial charge in [0.2, 0.25) is 0 Å². The Kier molecular flexibility index (Phi) is 12.4. The van der Waals surface area contributed by atoms with Crippen LogP contribution in [0, 0.1) is 19.8 Å². The molecule has 214 valence electrons. The van der Waals surface area contributed by atoms with Crippen molar-refractivity contribution < 1.29 is 0 Å². The summed E-state index contributed by atoms with van der Waals surface area (Å²) in [4.78, 5) is 0. The van der Waals surface area contributed by atoms with Crippen LogP contribution in [0.3, 0.4) is 0 Å². The third-order valence-electron chi connectivity index (χ3n) is 7.91. The lowest BCUT2D eigenvalue weighted by molar-refractivity contribution is 0.926. The fraction of sp³-hybridized carbons (Fsp3) is 0.317. The molecule has 0 unspecified atom stereocenters. The molecule has 0 aliphatic heterocycles. The predicted molar refractivity (Wildman–Crippen MR) is 185 cm³/mol. The van der Waals surface area contributed by atoms with E-state index < -0.39 is 0 Å². The Morgan fingerprint density at radius 3 is 2.05 bits per heavy atom. The number of fused-ring (bicyclic) bond motifs is 1. The molecule has 0 amide bonds. The maximum absolute atomic E-state index is 2.43. The van der Waals surface area contributed by atoms with E-state index in [0.29, 0.717) is 0 Å². The van der Waals surface area contributed by atoms with Gasteiger partial charge in [0, 0.05) is 0 Å². The molecule has 0 bridgehead atoms. The van der Waals surface area contributed by atoms with Gasteiger partial charge in [0.05, 0.1) is 0 Å². The largest absolute Gasteiger partial charge is 0.0877 e. The molecule has 4 aromatic carbocycles. The fourth-order valence-corrected chi connectivity index (χ4v) is 5.41. The molecule has 1 fully saturated rings. The summed E-state index contributed by atoms with van der Waals surface area (Å²) in [6, 6.07) is 30.8. The number of aryl methyl sites for hydroxylation is 3. The number of benzene rings is 4. The third kappa shape index (κ3) is 8.43. The van der Waals surface area contributed by atoms with Crippen LogP contribution in [0.15, 0.2) is 103 Å². The van der Waals surface area contributed by atoms with Crippen LogP contribution in [-0.2, 0) is 6.42 Å². The number of allylic oxidation sites excluding steroid dienone is 6. The van der Waals surface area contributed by atoms with E-state index in [0.717, 1.165) is 18.8 Å². The van der Waals surface area contributed by atoms with Crippen LogP contribution in [0.4, 0.5) is 0 Å². The lowest BCUT2D eigenvalue weighted by Gasteiger charge is -2.18. The number of hydrogen-bond donors (Lipinski definition) is 0. The van der Waals surface area contributed by atoms with Crippen molar-refractivity contribution in [2.45, 2.75) is 81.1 Å². The van der Waals surface area contributed by atoms with Gasteiger partial charge in [-0.15, -0.1) is 0 Å². The maximum atomic E-state index is 2.43. The first-order valence-corrected chi connectivity index (χ1v) is 15.6. The minimum Gasteiger partial charge on any atom is -0.0877 e. The van der Waals surface area contributed by atoms with Gasteiger partial charge in [0.15, 0.2) is 0 Å². The van der Waals surface area contributed by atoms with Crippen molar-refractivity contribution in [2.75, 3.05) is 0 Å². The first kappa shape index (κ1) is 31.9. The van der Waals surface area contributed by atoms with Crippen LogP contribution < -0.4 is 0 Å². The highest BCUT2D eigenvalue weighted by molar-refractivity contribution is 5.96. The van der Waals surface area contributed by atoms with Gasteiger partial charge in [-0.25, -0.2) is 0 Å². The monoisotopic (exact) mass is 542 g/mol. The van der Waals surface area contributed by atoms with Crippen molar-refractivity contribution in [3.63, 3.8) is 0 Å². The van der Waals surface area contributed by atoms with E-state index in [2.05, 4.69) is 127 Å². The van der Waals surface area contributed by atoms with Gasteiger partial charge in [0.25, 0.3) is 0 Å². The number of hydrogen-bond acceptors (Lipinski definition) is 0. The minimum absolute atomic E-state index is 0.726. The second kappa shape index (κ2) is 16.0. The van der Waals surface area contributed by atoms with Crippen LogP contribution in [0.2, 0.25) is 0 Å². The molecule has 1 aliphatic rings. The Hall–Kier alpha value is -3.64. The SMILES string of the molecule is C/C=C\C=C(\c1ccc(C)c(/C(C)=C(\C)c2ccc3ccccc3c2CCC)c1)C1CC1.CC.Cc1ccccc1. The Morgan fingerprint density at radius 1 is 0.780 bits per heavy atom. The van der Waals surface area contributed by atoms with Crippen LogP contribution in [0.25, 0.3) is 27.5 Å². The smallest absolute Gasteiger partial charge is 0.0146 e. The van der Waals surface area contributed by atoms with Gasteiger partial charge < -0.3 is 0 Å². The zero-order valence-electron chi connectivity index (χ0n) is 26.7. The van der Waals surface area contributed by atoms with Gasteiger partial charge in [-0.1, -0.05) is 130 Å². The van der Waals surface area contributed by atoms with Gasteiger partial charge in [-0.2, -0.15) is 0 Å². The van der Waals surface area contributed by atoms with Crippen LogP contribution in [-0.4, -0.2) is 0 Å². The Bertz CT molecular complexity index is 1490. The molecular weight excluding hydrogens is 492 g/mol. The van der Waals surface area contributed by atoms with E-state index in [1.807, 2.05) is 32.0 Å². The zero-order chi connectivity index (χ0) is 29.8. The second-order valence-electron chi connectivity index (χ2n) is 10.9. The van der Waals surface area contributed by atoms with Crippen molar-refractivity contribution in [1.82, 2.24) is 0 Å². The Balaban J connectivity index is 0.000000443. The molecule has 5 rings (SSSR count). The molecule has 0 heteroatoms. The molecule has 0 heterocycles. The lowest BCUT2D eigenvalue weighted by Crippen LogP contribution is -1.98. The van der Waals surface area contributed by atoms with Crippen molar-refractivity contribution in [3.05, 3.63) is 137 Å². The summed E-state index contributed by atoms with van der Waals surface area (Å²) in [6.07, 6.45) is 11.5. The Labute approximate surface area is 250 Å². The highest BCUT2D eigenvalue weighted by atomic mass is 14.3. The molecule has 41 heavy (non-hydrogen) atoms. The van der Waals surface area contributed by atoms with E-state index in [-0.39, 0.29) is 0 Å². The molecule has 0 radical (unpaired) electrons. The maximum Gasteiger partial charge on any atom is -0.0146 e. The normalized spacial score (nSPS) is 13.7. The van der Waals surface area contributed by atoms with Crippen molar-refractivity contribution >= 4 is 27.5 Å². The first-order valence-electron chi connectivity index (χ1n) is 15.6. The molecule has 0 N–H and O–H groups in total. The lowest BCUT2D eigenvalue weighted by atomic mass is 9.87. The van der Waals surface area contributed by atoms with Gasteiger partial charge in [0.1, 0.15) is 0 Å². The van der Waals surface area contributed by atoms with Crippen LogP contribution >= 0.6 is 0 Å². The molecule has 0 saturated heterocycles. The van der Waals surface area contributed by atoms with Crippen molar-refractivity contribution in [2.24, 2.45) is 5.92 Å². The second-order valence-corrected chi connectivity index (χ2v) is 10.9. The van der Waals surface area contributed by atoms with Gasteiger partial charge in [-0.3, -0.25) is 0 Å². The van der Waals surface area contributed by atoms with Gasteiger partial charge >= 0.3 is 0 Å². The third-order valence-corrected chi connectivity index (χ3v) is 7.91. The van der Waals surface area contributed by atoms with E-state index >= 15 is 0 Å². The molecule has 0 aromatic heterocycles. The molecule has 4 aromatic rings. The predicted octanol–water partition coefficient (Wildman–Crippen LogP) is 12.4. The van der Waals surface area contributed by atoms with Gasteiger partial charge in [-0.05, 0) is 121 Å². The minimum atomic E-state index is 0.726. The van der Waals surface area contributed by atoms with E-state index in [4.69, 9.17) is 0 Å². The van der Waals surface area contributed by atoms with E-state index in [1.165, 1.54) is 73.7 Å². The van der Waals surface area contributed by atoms with Crippen molar-refractivity contribution in [1.29, 1.82) is 0 Å². The summed E-state index contributed by atoms with van der Waals surface area (Å²) in [5, 5.41) is 2.74. The molecule has 1 saturated carbocycles. The topological polar surface area (TPSA) is 0 Å². The molecule has 1 aliphatic carbocycles. The Morgan fingerprint density at radius 2 is 1.44 bits per heavy atom. The van der Waals surface area contributed by atoms with Crippen LogP contribution in [0.5, 0.6) is 0 Å². The molecule has 0 spiro atoms. The quantitative estimate of drug-likeness (QED) is 0.161. The summed E-state index contributed by atoms with van der Waals surface area (Å²) < 4.78 is 0. The van der Waals surface area contributed by atoms with E-state index in [1.54, 1.807) is 0 Å². The fourth-order valence-electron chi connectivity index (χ4n) is 5.41. The standard InChI is InChI=1S/C32H36.C7H8.C2H6/c1-6-8-13-29(26-17-18-26)27-16-15-22(3)32(21-27)24(5)23(4)28-20-19-25-12-9-10-14-30(25)31(28)11-7-2;1-7-5-3-2-4-6-7;1-2/h6,8-10,12-16,19-21,26H,7,11,17-18H2,1-5H3;2-6H,1H3;1-2H3/b8-6-,24-23+,29-13+;;. The number of rotatable bonds is 7. The highest BCUT2D eigenvalue weighted by Crippen LogP contribution is 2.43. The zero-order valence-corrected chi connectivity index (χ0v) is 26.7. The molecule has 0 nitrogen and oxygen atoms in total. The van der Waals surface area contributed by atoms with Crippen LogP contribution in [0.1, 0.15) is 94.2 Å². The highest BCUT2D eigenvalue weighted by Gasteiger charge is 2.27. The van der Waals surface area contributed by atoms with Crippen molar-refractivity contribution in [3.8, 4) is 0 Å². The summed E-state index contributed by atoms with van der Waals surface area (Å²) in [6.45, 7) is 17.3. The molecule has 0 atom stereocenters. The summed E-state index contributed by atoms with van der Waals surface area (Å²) in [5.41, 5.74) is 12.6. The summed E-state index contributed by atoms with van der Waals surface area (Å²) >= 11 is 0. The molecular formula is C41H50. The summed E-state index contributed by atoms with van der Waals surface area (Å²) in [7, 11) is 0. The summed E-state index contributed by atoms with van der Waals surface area (Å²) in [5.74, 6) is 0.726. The average molecular weight is 543 g/mol.